The summed E-state index contributed by atoms with van der Waals surface area (Å²) in [7, 11) is 0. The van der Waals surface area contributed by atoms with E-state index in [1.807, 2.05) is 6.20 Å². The van der Waals surface area contributed by atoms with Gasteiger partial charge >= 0.3 is 0 Å². The van der Waals surface area contributed by atoms with Crippen LogP contribution in [0.3, 0.4) is 0 Å². The summed E-state index contributed by atoms with van der Waals surface area (Å²) < 4.78 is 0. The summed E-state index contributed by atoms with van der Waals surface area (Å²) in [6.07, 6.45) is 5.24. The standard InChI is InChI=1S/C11H18N2S2/c1-11(2,3)9(7-14)8-15-10-6-12-4-5-13-10/h4-6,9,14H,7-8H2,1-3H3. The summed E-state index contributed by atoms with van der Waals surface area (Å²) in [6.45, 7) is 6.77. The van der Waals surface area contributed by atoms with Crippen molar-refractivity contribution in [2.24, 2.45) is 11.3 Å². The molecule has 84 valence electrons. The highest BCUT2D eigenvalue weighted by Gasteiger charge is 2.23. The van der Waals surface area contributed by atoms with E-state index in [9.17, 15) is 0 Å². The molecular weight excluding hydrogens is 224 g/mol. The molecule has 4 heteroatoms. The van der Waals surface area contributed by atoms with Gasteiger partial charge in [0.1, 0.15) is 5.03 Å². The third kappa shape index (κ3) is 4.43. The van der Waals surface area contributed by atoms with E-state index in [4.69, 9.17) is 0 Å². The van der Waals surface area contributed by atoms with E-state index in [0.29, 0.717) is 11.3 Å². The summed E-state index contributed by atoms with van der Waals surface area (Å²) in [5.41, 5.74) is 0.303. The monoisotopic (exact) mass is 242 g/mol. The lowest BCUT2D eigenvalue weighted by Gasteiger charge is -2.28. The van der Waals surface area contributed by atoms with Crippen LogP contribution in [0.5, 0.6) is 0 Å². The van der Waals surface area contributed by atoms with Crippen molar-refractivity contribution in [1.82, 2.24) is 9.97 Å². The van der Waals surface area contributed by atoms with Crippen molar-refractivity contribution in [2.75, 3.05) is 11.5 Å². The van der Waals surface area contributed by atoms with Crippen LogP contribution in [-0.4, -0.2) is 21.5 Å². The quantitative estimate of drug-likeness (QED) is 0.649. The summed E-state index contributed by atoms with van der Waals surface area (Å²) in [5.74, 6) is 2.55. The Morgan fingerprint density at radius 3 is 2.60 bits per heavy atom. The van der Waals surface area contributed by atoms with Crippen LogP contribution in [0.4, 0.5) is 0 Å². The summed E-state index contributed by atoms with van der Waals surface area (Å²) in [5, 5.41) is 0.994. The van der Waals surface area contributed by atoms with Gasteiger partial charge in [-0.25, -0.2) is 4.98 Å². The van der Waals surface area contributed by atoms with Gasteiger partial charge in [-0.3, -0.25) is 4.98 Å². The Hall–Kier alpha value is -0.220. The Bertz CT molecular complexity index is 282. The molecule has 0 saturated carbocycles. The maximum Gasteiger partial charge on any atom is 0.114 e. The number of thioether (sulfide) groups is 1. The lowest BCUT2D eigenvalue weighted by Crippen LogP contribution is -2.24. The highest BCUT2D eigenvalue weighted by molar-refractivity contribution is 7.99. The molecule has 0 aliphatic rings. The second kappa shape index (κ2) is 5.75. The minimum atomic E-state index is 0.303. The fourth-order valence-corrected chi connectivity index (χ4v) is 3.23. The van der Waals surface area contributed by atoms with E-state index < -0.39 is 0 Å². The SMILES string of the molecule is CC(C)(C)C(CS)CSc1cnccn1. The molecular formula is C11H18N2S2. The third-order valence-corrected chi connectivity index (χ3v) is 3.93. The first-order valence-electron chi connectivity index (χ1n) is 5.03. The zero-order chi connectivity index (χ0) is 11.3. The van der Waals surface area contributed by atoms with Gasteiger partial charge in [0.15, 0.2) is 0 Å². The highest BCUT2D eigenvalue weighted by atomic mass is 32.2. The molecule has 0 spiro atoms. The minimum absolute atomic E-state index is 0.303. The molecule has 1 unspecified atom stereocenters. The Morgan fingerprint density at radius 1 is 1.40 bits per heavy atom. The zero-order valence-corrected chi connectivity index (χ0v) is 11.2. The van der Waals surface area contributed by atoms with Crippen LogP contribution < -0.4 is 0 Å². The van der Waals surface area contributed by atoms with Gasteiger partial charge in [-0.2, -0.15) is 12.6 Å². The number of aromatic nitrogens is 2. The fraction of sp³-hybridized carbons (Fsp3) is 0.636. The average molecular weight is 242 g/mol. The first-order chi connectivity index (χ1) is 7.04. The molecule has 1 atom stereocenters. The smallest absolute Gasteiger partial charge is 0.114 e. The third-order valence-electron chi connectivity index (χ3n) is 2.42. The lowest BCUT2D eigenvalue weighted by molar-refractivity contribution is 0.294. The Balaban J connectivity index is 2.49. The van der Waals surface area contributed by atoms with E-state index in [1.54, 1.807) is 24.2 Å². The maximum atomic E-state index is 4.41. The Morgan fingerprint density at radius 2 is 2.13 bits per heavy atom. The fourth-order valence-electron chi connectivity index (χ4n) is 1.12. The number of hydrogen-bond acceptors (Lipinski definition) is 4. The molecule has 1 rings (SSSR count). The molecule has 1 heterocycles. The van der Waals surface area contributed by atoms with E-state index >= 15 is 0 Å². The minimum Gasteiger partial charge on any atom is -0.260 e. The van der Waals surface area contributed by atoms with Crippen LogP contribution in [0, 0.1) is 11.3 Å². The number of rotatable bonds is 4. The van der Waals surface area contributed by atoms with Crippen molar-refractivity contribution in [3.8, 4) is 0 Å². The van der Waals surface area contributed by atoms with Crippen molar-refractivity contribution in [1.29, 1.82) is 0 Å². The van der Waals surface area contributed by atoms with Crippen molar-refractivity contribution in [3.05, 3.63) is 18.6 Å². The van der Waals surface area contributed by atoms with Gasteiger partial charge in [-0.15, -0.1) is 11.8 Å². The molecule has 0 aromatic carbocycles. The summed E-state index contributed by atoms with van der Waals surface area (Å²) in [4.78, 5) is 8.29. The predicted molar refractivity (Wildman–Crippen MR) is 69.6 cm³/mol. The van der Waals surface area contributed by atoms with Gasteiger partial charge < -0.3 is 0 Å². The van der Waals surface area contributed by atoms with E-state index in [-0.39, 0.29) is 0 Å². The summed E-state index contributed by atoms with van der Waals surface area (Å²) in [6, 6.07) is 0. The number of hydrogen-bond donors (Lipinski definition) is 1. The van der Waals surface area contributed by atoms with Crippen molar-refractivity contribution in [3.63, 3.8) is 0 Å². The van der Waals surface area contributed by atoms with E-state index in [0.717, 1.165) is 16.5 Å². The molecule has 15 heavy (non-hydrogen) atoms. The van der Waals surface area contributed by atoms with Gasteiger partial charge in [0.2, 0.25) is 0 Å². The van der Waals surface area contributed by atoms with Crippen molar-refractivity contribution < 1.29 is 0 Å². The van der Waals surface area contributed by atoms with Crippen molar-refractivity contribution in [2.45, 2.75) is 25.8 Å². The predicted octanol–water partition coefficient (Wildman–Crippen LogP) is 3.16. The van der Waals surface area contributed by atoms with Crippen LogP contribution in [-0.2, 0) is 0 Å². The molecule has 2 nitrogen and oxygen atoms in total. The Labute approximate surface area is 102 Å². The van der Waals surface area contributed by atoms with Gasteiger partial charge in [0.25, 0.3) is 0 Å². The largest absolute Gasteiger partial charge is 0.260 e. The molecule has 0 radical (unpaired) electrons. The van der Waals surface area contributed by atoms with E-state index in [2.05, 4.69) is 43.4 Å². The first kappa shape index (κ1) is 12.8. The average Bonchev–Trinajstić information content (AvgIpc) is 2.18. The summed E-state index contributed by atoms with van der Waals surface area (Å²) >= 11 is 6.16. The van der Waals surface area contributed by atoms with Crippen LogP contribution in [0.1, 0.15) is 20.8 Å². The topological polar surface area (TPSA) is 25.8 Å². The molecule has 0 aliphatic heterocycles. The van der Waals surface area contributed by atoms with Gasteiger partial charge in [-0.05, 0) is 17.1 Å². The number of thiol groups is 1. The van der Waals surface area contributed by atoms with Crippen LogP contribution in [0.2, 0.25) is 0 Å². The maximum absolute atomic E-state index is 4.41. The molecule has 0 aliphatic carbocycles. The molecule has 0 fully saturated rings. The normalized spacial score (nSPS) is 13.9. The molecule has 0 bridgehead atoms. The second-order valence-electron chi connectivity index (χ2n) is 4.60. The van der Waals surface area contributed by atoms with Crippen LogP contribution >= 0.6 is 24.4 Å². The molecule has 1 aromatic heterocycles. The highest BCUT2D eigenvalue weighted by Crippen LogP contribution is 2.31. The molecule has 0 amide bonds. The lowest BCUT2D eigenvalue weighted by atomic mass is 9.83. The molecule has 0 N–H and O–H groups in total. The zero-order valence-electron chi connectivity index (χ0n) is 9.47. The Kier molecular flexibility index (Phi) is 4.93. The van der Waals surface area contributed by atoms with Crippen molar-refractivity contribution >= 4 is 24.4 Å². The van der Waals surface area contributed by atoms with Gasteiger partial charge in [-0.1, -0.05) is 20.8 Å². The van der Waals surface area contributed by atoms with Gasteiger partial charge in [0, 0.05) is 18.1 Å². The molecule has 1 aromatic rings. The number of nitrogens with zero attached hydrogens (tertiary/aromatic N) is 2. The molecule has 0 saturated heterocycles. The van der Waals surface area contributed by atoms with Crippen LogP contribution in [0.25, 0.3) is 0 Å². The van der Waals surface area contributed by atoms with E-state index in [1.165, 1.54) is 0 Å². The first-order valence-corrected chi connectivity index (χ1v) is 6.65. The van der Waals surface area contributed by atoms with Crippen LogP contribution in [0.15, 0.2) is 23.6 Å². The second-order valence-corrected chi connectivity index (χ2v) is 6.01. The van der Waals surface area contributed by atoms with Gasteiger partial charge in [0.05, 0.1) is 6.20 Å².